The molecule has 0 aliphatic carbocycles. The number of thiazole rings is 1. The number of aromatic nitrogens is 1. The fourth-order valence-corrected chi connectivity index (χ4v) is 6.75. The maximum atomic E-state index is 13.8. The molecule has 0 spiro atoms. The predicted octanol–water partition coefficient (Wildman–Crippen LogP) is 9.00. The van der Waals surface area contributed by atoms with Gasteiger partial charge in [0, 0.05) is 21.5 Å². The van der Waals surface area contributed by atoms with Gasteiger partial charge in [-0.05, 0) is 65.6 Å². The summed E-state index contributed by atoms with van der Waals surface area (Å²) in [5, 5.41) is 10.5. The second-order valence-electron chi connectivity index (χ2n) is 11.0. The van der Waals surface area contributed by atoms with Gasteiger partial charge in [0.25, 0.3) is 11.8 Å². The molecular formula is C40H32N4O3S2. The molecule has 3 amide bonds. The molecule has 5 aromatic carbocycles. The van der Waals surface area contributed by atoms with Gasteiger partial charge >= 0.3 is 0 Å². The minimum absolute atomic E-state index is 0.0830. The molecule has 0 aliphatic rings. The maximum absolute atomic E-state index is 13.8. The van der Waals surface area contributed by atoms with Crippen LogP contribution in [0.5, 0.6) is 0 Å². The minimum Gasteiger partial charge on any atom is -0.321 e. The average molecular weight is 681 g/mol. The molecule has 0 aliphatic heterocycles. The molecule has 1 heterocycles. The first kappa shape index (κ1) is 33.1. The van der Waals surface area contributed by atoms with Crippen molar-refractivity contribution >= 4 is 57.7 Å². The predicted molar refractivity (Wildman–Crippen MR) is 199 cm³/mol. The van der Waals surface area contributed by atoms with Crippen LogP contribution < -0.4 is 16.0 Å². The molecule has 0 fully saturated rings. The Bertz CT molecular complexity index is 2080. The third-order valence-electron chi connectivity index (χ3n) is 7.39. The number of hydrogen-bond donors (Lipinski definition) is 3. The number of thioether (sulfide) groups is 1. The molecule has 7 nitrogen and oxygen atoms in total. The van der Waals surface area contributed by atoms with Crippen LogP contribution in [0.25, 0.3) is 17.2 Å². The van der Waals surface area contributed by atoms with Gasteiger partial charge in [-0.25, -0.2) is 4.98 Å². The first-order chi connectivity index (χ1) is 23.9. The van der Waals surface area contributed by atoms with Crippen LogP contribution in [0.4, 0.5) is 10.8 Å². The zero-order chi connectivity index (χ0) is 34.0. The summed E-state index contributed by atoms with van der Waals surface area (Å²) in [5.41, 5.74) is 5.56. The molecule has 1 unspecified atom stereocenters. The van der Waals surface area contributed by atoms with Crippen LogP contribution in [-0.4, -0.2) is 22.7 Å². The standard InChI is InChI=1S/C40H32N4O3S2/c1-27-26-48-40(41-27)44-39(47)36(31-14-7-3-8-15-31)49-34-19-11-18-33(25-34)42-38(46)35(43-37(45)32-16-9-4-10-17-32)24-28-20-22-30(23-21-28)29-12-5-2-6-13-29/h2-26,36H,1H3,(H,42,46)(H,43,45)(H,41,44,47)/b35-24+. The van der Waals surface area contributed by atoms with Crippen LogP contribution >= 0.6 is 23.1 Å². The van der Waals surface area contributed by atoms with E-state index in [0.29, 0.717) is 16.4 Å². The summed E-state index contributed by atoms with van der Waals surface area (Å²) in [7, 11) is 0. The highest BCUT2D eigenvalue weighted by atomic mass is 32.2. The summed E-state index contributed by atoms with van der Waals surface area (Å²) in [5.74, 6) is -1.10. The molecule has 0 bridgehead atoms. The summed E-state index contributed by atoms with van der Waals surface area (Å²) < 4.78 is 0. The van der Waals surface area contributed by atoms with Crippen molar-refractivity contribution in [1.29, 1.82) is 0 Å². The number of amides is 3. The second kappa shape index (κ2) is 15.9. The van der Waals surface area contributed by atoms with Crippen molar-refractivity contribution in [3.63, 3.8) is 0 Å². The number of nitrogens with one attached hydrogen (secondary N) is 3. The van der Waals surface area contributed by atoms with Crippen LogP contribution in [0.15, 0.2) is 155 Å². The quantitative estimate of drug-likeness (QED) is 0.0937. The molecular weight excluding hydrogens is 649 g/mol. The van der Waals surface area contributed by atoms with Crippen molar-refractivity contribution in [1.82, 2.24) is 10.3 Å². The van der Waals surface area contributed by atoms with E-state index < -0.39 is 17.1 Å². The molecule has 9 heteroatoms. The van der Waals surface area contributed by atoms with E-state index in [1.807, 2.05) is 121 Å². The normalized spacial score (nSPS) is 11.7. The van der Waals surface area contributed by atoms with E-state index in [-0.39, 0.29) is 11.6 Å². The van der Waals surface area contributed by atoms with Crippen molar-refractivity contribution < 1.29 is 14.4 Å². The Morgan fingerprint density at radius 1 is 0.735 bits per heavy atom. The van der Waals surface area contributed by atoms with Crippen LogP contribution in [0.1, 0.15) is 32.4 Å². The van der Waals surface area contributed by atoms with Crippen LogP contribution in [-0.2, 0) is 9.59 Å². The van der Waals surface area contributed by atoms with Crippen molar-refractivity contribution in [2.75, 3.05) is 10.6 Å². The van der Waals surface area contributed by atoms with E-state index >= 15 is 0 Å². The lowest BCUT2D eigenvalue weighted by molar-refractivity contribution is -0.116. The zero-order valence-electron chi connectivity index (χ0n) is 26.5. The topological polar surface area (TPSA) is 100 Å². The fraction of sp³-hybridized carbons (Fsp3) is 0.0500. The molecule has 0 saturated carbocycles. The van der Waals surface area contributed by atoms with E-state index in [1.54, 1.807) is 36.4 Å². The molecule has 0 radical (unpaired) electrons. The highest BCUT2D eigenvalue weighted by Crippen LogP contribution is 2.37. The van der Waals surface area contributed by atoms with E-state index in [9.17, 15) is 14.4 Å². The Morgan fingerprint density at radius 3 is 2.06 bits per heavy atom. The Kier molecular flexibility index (Phi) is 10.7. The molecule has 1 atom stereocenters. The minimum atomic E-state index is -0.573. The van der Waals surface area contributed by atoms with Gasteiger partial charge in [-0.15, -0.1) is 23.1 Å². The van der Waals surface area contributed by atoms with Gasteiger partial charge in [-0.2, -0.15) is 0 Å². The molecule has 6 aromatic rings. The third kappa shape index (κ3) is 8.98. The highest BCUT2D eigenvalue weighted by molar-refractivity contribution is 8.00. The highest BCUT2D eigenvalue weighted by Gasteiger charge is 2.23. The van der Waals surface area contributed by atoms with Gasteiger partial charge < -0.3 is 16.0 Å². The van der Waals surface area contributed by atoms with Crippen LogP contribution in [0, 0.1) is 6.92 Å². The number of carbonyl (C=O) groups is 3. The lowest BCUT2D eigenvalue weighted by atomic mass is 10.0. The number of rotatable bonds is 11. The molecule has 242 valence electrons. The van der Waals surface area contributed by atoms with Gasteiger partial charge in [0.15, 0.2) is 5.13 Å². The zero-order valence-corrected chi connectivity index (χ0v) is 28.1. The lowest BCUT2D eigenvalue weighted by Gasteiger charge is -2.17. The number of aryl methyl sites for hydroxylation is 1. The average Bonchev–Trinajstić information content (AvgIpc) is 3.55. The summed E-state index contributed by atoms with van der Waals surface area (Å²) >= 11 is 2.74. The van der Waals surface area contributed by atoms with Crippen LogP contribution in [0.2, 0.25) is 0 Å². The summed E-state index contributed by atoms with van der Waals surface area (Å²) in [6.07, 6.45) is 1.65. The van der Waals surface area contributed by atoms with E-state index in [2.05, 4.69) is 20.9 Å². The molecule has 0 saturated heterocycles. The van der Waals surface area contributed by atoms with E-state index in [4.69, 9.17) is 0 Å². The van der Waals surface area contributed by atoms with Gasteiger partial charge in [0.2, 0.25) is 5.91 Å². The smallest absolute Gasteiger partial charge is 0.272 e. The van der Waals surface area contributed by atoms with Crippen molar-refractivity contribution in [2.45, 2.75) is 17.1 Å². The summed E-state index contributed by atoms with van der Waals surface area (Å²) in [6.45, 7) is 1.88. The van der Waals surface area contributed by atoms with Gasteiger partial charge in [-0.3, -0.25) is 14.4 Å². The first-order valence-corrected chi connectivity index (χ1v) is 17.3. The second-order valence-corrected chi connectivity index (χ2v) is 13.1. The van der Waals surface area contributed by atoms with E-state index in [0.717, 1.165) is 32.8 Å². The Labute approximate surface area is 293 Å². The Hall–Kier alpha value is -5.77. The number of hydrogen-bond acceptors (Lipinski definition) is 6. The maximum Gasteiger partial charge on any atom is 0.272 e. The Morgan fingerprint density at radius 2 is 1.39 bits per heavy atom. The Balaban J connectivity index is 1.23. The first-order valence-electron chi connectivity index (χ1n) is 15.5. The van der Waals surface area contributed by atoms with Gasteiger partial charge in [-0.1, -0.05) is 109 Å². The molecule has 6 rings (SSSR count). The molecule has 49 heavy (non-hydrogen) atoms. The number of nitrogens with zero attached hydrogens (tertiary/aromatic N) is 1. The van der Waals surface area contributed by atoms with Crippen LogP contribution in [0.3, 0.4) is 0 Å². The van der Waals surface area contributed by atoms with Crippen molar-refractivity contribution in [2.24, 2.45) is 0 Å². The van der Waals surface area contributed by atoms with Crippen molar-refractivity contribution in [3.8, 4) is 11.1 Å². The lowest BCUT2D eigenvalue weighted by Crippen LogP contribution is -2.30. The number of benzene rings is 5. The van der Waals surface area contributed by atoms with E-state index in [1.165, 1.54) is 23.1 Å². The summed E-state index contributed by atoms with van der Waals surface area (Å²) in [4.78, 5) is 45.6. The van der Waals surface area contributed by atoms with Gasteiger partial charge in [0.05, 0.1) is 5.69 Å². The number of anilines is 2. The monoisotopic (exact) mass is 680 g/mol. The summed E-state index contributed by atoms with van der Waals surface area (Å²) in [6, 6.07) is 43.3. The SMILES string of the molecule is Cc1csc(NC(=O)C(Sc2cccc(NC(=O)/C(=C\c3ccc(-c4ccccc4)cc3)NC(=O)c3ccccc3)c2)c2ccccc2)n1. The largest absolute Gasteiger partial charge is 0.321 e. The third-order valence-corrected chi connectivity index (χ3v) is 9.52. The molecule has 1 aromatic heterocycles. The number of carbonyl (C=O) groups excluding carboxylic acids is 3. The fourth-order valence-electron chi connectivity index (χ4n) is 4.98. The van der Waals surface area contributed by atoms with Gasteiger partial charge in [0.1, 0.15) is 10.9 Å². The molecule has 3 N–H and O–H groups in total. The van der Waals surface area contributed by atoms with Crippen molar-refractivity contribution in [3.05, 3.63) is 173 Å².